The second-order valence-corrected chi connectivity index (χ2v) is 11.6. The Hall–Kier alpha value is -3.86. The van der Waals surface area contributed by atoms with Crippen molar-refractivity contribution in [2.45, 2.75) is 47.4 Å². The summed E-state index contributed by atoms with van der Waals surface area (Å²) in [6.45, 7) is 0. The minimum absolute atomic E-state index is 0.0613. The highest BCUT2D eigenvalue weighted by Gasteiger charge is 2.82. The lowest BCUT2D eigenvalue weighted by Crippen LogP contribution is -2.59. The van der Waals surface area contributed by atoms with Crippen LogP contribution in [0.25, 0.3) is 0 Å². The van der Waals surface area contributed by atoms with Gasteiger partial charge in [-0.1, -0.05) is 47.5 Å². The van der Waals surface area contributed by atoms with E-state index in [0.29, 0.717) is 48.5 Å². The van der Waals surface area contributed by atoms with Crippen LogP contribution in [0.5, 0.6) is 11.5 Å². The lowest BCUT2D eigenvalue weighted by molar-refractivity contribution is -0.374. The fourth-order valence-electron chi connectivity index (χ4n) is 4.43. The van der Waals surface area contributed by atoms with E-state index in [0.717, 1.165) is 0 Å². The molecule has 0 aromatic heterocycles. The van der Waals surface area contributed by atoms with Gasteiger partial charge in [-0.2, -0.15) is 70.2 Å². The van der Waals surface area contributed by atoms with Gasteiger partial charge in [-0.25, -0.2) is 0 Å². The van der Waals surface area contributed by atoms with E-state index in [1.807, 2.05) is 0 Å². The van der Waals surface area contributed by atoms with Crippen molar-refractivity contribution >= 4 is 23.2 Å². The molecular weight excluding hydrogens is 775 g/mol. The molecule has 0 amide bonds. The molecule has 0 bridgehead atoms. The highest BCUT2D eigenvalue weighted by atomic mass is 35.5. The van der Waals surface area contributed by atoms with Crippen LogP contribution in [0.2, 0.25) is 10.0 Å². The minimum Gasteiger partial charge on any atom is -0.457 e. The maximum absolute atomic E-state index is 14.8. The van der Waals surface area contributed by atoms with E-state index in [1.165, 1.54) is 0 Å². The quantitative estimate of drug-likeness (QED) is 0.130. The predicted molar refractivity (Wildman–Crippen MR) is 151 cm³/mol. The normalized spacial score (nSPS) is 14.1. The summed E-state index contributed by atoms with van der Waals surface area (Å²) in [5.41, 5.74) is -7.35. The summed E-state index contributed by atoms with van der Waals surface area (Å²) < 4.78 is 238. The van der Waals surface area contributed by atoms with E-state index >= 15 is 0 Å². The Bertz CT molecular complexity index is 1690. The first-order chi connectivity index (χ1) is 23.2. The molecule has 0 unspecified atom stereocenters. The van der Waals surface area contributed by atoms with Crippen molar-refractivity contribution in [1.29, 1.82) is 0 Å². The number of benzene rings is 4. The van der Waals surface area contributed by atoms with Crippen LogP contribution < -0.4 is 4.74 Å². The van der Waals surface area contributed by atoms with Gasteiger partial charge in [0, 0.05) is 32.3 Å². The Kier molecular flexibility index (Phi) is 10.2. The van der Waals surface area contributed by atoms with E-state index in [1.54, 1.807) is 0 Å². The molecule has 0 fully saturated rings. The molecule has 0 aliphatic heterocycles. The Balaban J connectivity index is 1.54. The van der Waals surface area contributed by atoms with Crippen LogP contribution in [0.3, 0.4) is 0 Å². The van der Waals surface area contributed by atoms with Gasteiger partial charge >= 0.3 is 47.4 Å². The summed E-state index contributed by atoms with van der Waals surface area (Å²) in [6, 6.07) is 5.38. The molecule has 0 radical (unpaired) electrons. The molecule has 0 spiro atoms. The third-order valence-electron chi connectivity index (χ3n) is 7.45. The molecule has 0 atom stereocenters. The van der Waals surface area contributed by atoms with E-state index in [2.05, 4.69) is 0 Å². The minimum atomic E-state index is -6.73. The first-order valence-electron chi connectivity index (χ1n) is 13.6. The van der Waals surface area contributed by atoms with E-state index in [-0.39, 0.29) is 58.6 Å². The maximum atomic E-state index is 14.8. The van der Waals surface area contributed by atoms with Crippen LogP contribution >= 0.6 is 23.2 Å². The van der Waals surface area contributed by atoms with Crippen molar-refractivity contribution in [3.05, 3.63) is 129 Å². The SMILES string of the molecule is FC(F)(c1ccc(Cl)cc1)C(F)(F)C(F)(F)C(F)(F)c1ccc(Oc2ccc(C(F)(F)C(F)(F)C(F)(F)C(F)(F)c3ccc(Cl)cc3)cc2)cc1. The van der Waals surface area contributed by atoms with Crippen LogP contribution in [0, 0.1) is 0 Å². The van der Waals surface area contributed by atoms with Crippen LogP contribution in [0.1, 0.15) is 22.3 Å². The Morgan fingerprint density at radius 1 is 0.294 bits per heavy atom. The van der Waals surface area contributed by atoms with E-state index < -0.39 is 81.1 Å². The zero-order valence-electron chi connectivity index (χ0n) is 24.4. The zero-order valence-corrected chi connectivity index (χ0v) is 26.0. The van der Waals surface area contributed by atoms with Gasteiger partial charge in [-0.05, 0) is 72.8 Å². The van der Waals surface area contributed by atoms with Crippen molar-refractivity contribution in [3.63, 3.8) is 0 Å². The molecule has 4 rings (SSSR count). The average molecular weight is 791 g/mol. The maximum Gasteiger partial charge on any atom is 0.382 e. The molecule has 0 heterocycles. The fourth-order valence-corrected chi connectivity index (χ4v) is 4.68. The predicted octanol–water partition coefficient (Wildman–Crippen LogP) is 13.1. The molecule has 1 nitrogen and oxygen atoms in total. The molecule has 0 N–H and O–H groups in total. The lowest BCUT2D eigenvalue weighted by atomic mass is 9.90. The molecular formula is C32H16Cl2F16O. The van der Waals surface area contributed by atoms with Crippen molar-refractivity contribution in [3.8, 4) is 11.5 Å². The molecule has 276 valence electrons. The summed E-state index contributed by atoms with van der Waals surface area (Å²) in [5, 5.41) is -0.517. The van der Waals surface area contributed by atoms with Gasteiger partial charge in [0.2, 0.25) is 0 Å². The second kappa shape index (κ2) is 13.0. The number of halogens is 18. The van der Waals surface area contributed by atoms with Crippen LogP contribution in [0.4, 0.5) is 70.2 Å². The van der Waals surface area contributed by atoms with Gasteiger partial charge in [0.15, 0.2) is 0 Å². The van der Waals surface area contributed by atoms with Crippen molar-refractivity contribution in [1.82, 2.24) is 0 Å². The largest absolute Gasteiger partial charge is 0.457 e. The smallest absolute Gasteiger partial charge is 0.382 e. The van der Waals surface area contributed by atoms with Gasteiger partial charge in [0.25, 0.3) is 0 Å². The molecule has 4 aromatic rings. The van der Waals surface area contributed by atoms with Crippen LogP contribution in [-0.2, 0) is 23.7 Å². The molecule has 0 aliphatic rings. The highest BCUT2D eigenvalue weighted by molar-refractivity contribution is 6.30. The molecule has 51 heavy (non-hydrogen) atoms. The molecule has 0 saturated carbocycles. The zero-order chi connectivity index (χ0) is 38.6. The standard InChI is InChI=1S/C32H16Cl2F16O/c33-21-9-1-17(2-10-21)25(35,36)29(43,44)31(47,48)27(39,40)19-5-13-23(14-6-19)51-24-15-7-20(8-16-24)28(41,42)32(49,50)30(45,46)26(37,38)18-3-11-22(34)12-4-18/h1-16H. The number of ether oxygens (including phenoxy) is 1. The summed E-state index contributed by atoms with van der Waals surface area (Å²) in [6.07, 6.45) is 0. The monoisotopic (exact) mass is 790 g/mol. The highest BCUT2D eigenvalue weighted by Crippen LogP contribution is 2.60. The van der Waals surface area contributed by atoms with E-state index in [4.69, 9.17) is 27.9 Å². The molecule has 0 saturated heterocycles. The number of rotatable bonds is 12. The first-order valence-corrected chi connectivity index (χ1v) is 14.4. The fraction of sp³-hybridized carbons (Fsp3) is 0.250. The topological polar surface area (TPSA) is 9.23 Å². The number of hydrogen-bond acceptors (Lipinski definition) is 1. The number of hydrogen-bond donors (Lipinski definition) is 0. The Morgan fingerprint density at radius 3 is 0.667 bits per heavy atom. The number of alkyl halides is 16. The lowest BCUT2D eigenvalue weighted by Gasteiger charge is -2.37. The van der Waals surface area contributed by atoms with Gasteiger partial charge in [0.05, 0.1) is 0 Å². The van der Waals surface area contributed by atoms with Crippen molar-refractivity contribution < 1.29 is 75.0 Å². The second-order valence-electron chi connectivity index (χ2n) is 10.8. The third kappa shape index (κ3) is 6.44. The Morgan fingerprint density at radius 2 is 0.471 bits per heavy atom. The van der Waals surface area contributed by atoms with Crippen molar-refractivity contribution in [2.75, 3.05) is 0 Å². The van der Waals surface area contributed by atoms with Gasteiger partial charge in [-0.15, -0.1) is 0 Å². The van der Waals surface area contributed by atoms with Gasteiger partial charge in [0.1, 0.15) is 11.5 Å². The third-order valence-corrected chi connectivity index (χ3v) is 7.95. The van der Waals surface area contributed by atoms with Gasteiger partial charge < -0.3 is 4.74 Å². The summed E-state index contributed by atoms with van der Waals surface area (Å²) >= 11 is 10.9. The first kappa shape index (κ1) is 39.9. The van der Waals surface area contributed by atoms with Crippen LogP contribution in [-0.4, -0.2) is 23.7 Å². The Labute approximate surface area is 286 Å². The molecule has 0 aliphatic carbocycles. The van der Waals surface area contributed by atoms with Crippen LogP contribution in [0.15, 0.2) is 97.1 Å². The van der Waals surface area contributed by atoms with Gasteiger partial charge in [-0.3, -0.25) is 0 Å². The summed E-state index contributed by atoms with van der Waals surface area (Å²) in [7, 11) is 0. The van der Waals surface area contributed by atoms with E-state index in [9.17, 15) is 70.2 Å². The average Bonchev–Trinajstić information content (AvgIpc) is 3.05. The summed E-state index contributed by atoms with van der Waals surface area (Å²) in [4.78, 5) is 0. The molecule has 19 heteroatoms. The molecule has 4 aromatic carbocycles. The van der Waals surface area contributed by atoms with Crippen molar-refractivity contribution in [2.24, 2.45) is 0 Å². The summed E-state index contributed by atoms with van der Waals surface area (Å²) in [5.74, 6) is -51.7.